The van der Waals surface area contributed by atoms with Crippen molar-refractivity contribution in [1.82, 2.24) is 10.2 Å². The van der Waals surface area contributed by atoms with Crippen LogP contribution in [0, 0.1) is 0 Å². The largest absolute Gasteiger partial charge is 0.408 e. The Morgan fingerprint density at radius 3 is 2.59 bits per heavy atom. The number of hydrogen-bond donors (Lipinski definition) is 1. The van der Waals surface area contributed by atoms with Crippen molar-refractivity contribution in [2.75, 3.05) is 24.0 Å². The minimum absolute atomic E-state index is 0.203. The zero-order valence-electron chi connectivity index (χ0n) is 10.0. The molecule has 6 nitrogen and oxygen atoms in total. The van der Waals surface area contributed by atoms with E-state index in [1.54, 1.807) is 13.8 Å². The molecule has 0 spiro atoms. The number of anilines is 1. The Kier molecular flexibility index (Phi) is 4.37. The molecule has 1 aromatic heterocycles. The molecule has 0 bridgehead atoms. The summed E-state index contributed by atoms with van der Waals surface area (Å²) in [5.41, 5.74) is 0. The second-order valence-corrected chi connectivity index (χ2v) is 7.35. The third-order valence-corrected chi connectivity index (χ3v) is 4.79. The van der Waals surface area contributed by atoms with Crippen LogP contribution in [0.4, 0.5) is 6.01 Å². The molecule has 1 aromatic rings. The summed E-state index contributed by atoms with van der Waals surface area (Å²) in [7, 11) is -3.15. The van der Waals surface area contributed by atoms with Crippen molar-refractivity contribution in [3.8, 4) is 0 Å². The Hall–Kier alpha value is -0.820. The molecule has 0 aliphatic heterocycles. The maximum Gasteiger partial charge on any atom is 0.315 e. The number of nitrogens with zero attached hydrogens (tertiary/aromatic N) is 2. The van der Waals surface area contributed by atoms with E-state index in [4.69, 9.17) is 16.0 Å². The highest BCUT2D eigenvalue weighted by Crippen LogP contribution is 2.16. The summed E-state index contributed by atoms with van der Waals surface area (Å²) in [6.07, 6.45) is 1.69. The lowest BCUT2D eigenvalue weighted by atomic mass is 10.2. The van der Waals surface area contributed by atoms with Gasteiger partial charge in [0.05, 0.1) is 4.75 Å². The zero-order valence-corrected chi connectivity index (χ0v) is 11.6. The minimum atomic E-state index is -3.15. The first-order valence-corrected chi connectivity index (χ1v) is 7.51. The highest BCUT2D eigenvalue weighted by Gasteiger charge is 2.30. The summed E-state index contributed by atoms with van der Waals surface area (Å²) in [6.45, 7) is 3.46. The predicted octanol–water partition coefficient (Wildman–Crippen LogP) is 1.09. The van der Waals surface area contributed by atoms with Crippen molar-refractivity contribution < 1.29 is 12.8 Å². The molecule has 0 radical (unpaired) electrons. The number of aromatic nitrogens is 2. The molecule has 8 heteroatoms. The molecular formula is C9H16ClN3O3S. The van der Waals surface area contributed by atoms with Gasteiger partial charge in [-0.25, -0.2) is 8.42 Å². The van der Waals surface area contributed by atoms with E-state index in [0.717, 1.165) is 0 Å². The molecule has 0 atom stereocenters. The Labute approximate surface area is 106 Å². The molecule has 0 aromatic carbocycles. The lowest BCUT2D eigenvalue weighted by molar-refractivity contribution is 0.506. The van der Waals surface area contributed by atoms with Crippen LogP contribution in [0.5, 0.6) is 0 Å². The molecule has 0 amide bonds. The summed E-state index contributed by atoms with van der Waals surface area (Å²) in [4.78, 5) is 0. The summed E-state index contributed by atoms with van der Waals surface area (Å²) in [5, 5.41) is 10.3. The molecule has 0 unspecified atom stereocenters. The maximum atomic E-state index is 11.5. The molecule has 0 saturated heterocycles. The molecule has 98 valence electrons. The van der Waals surface area contributed by atoms with Gasteiger partial charge in [-0.1, -0.05) is 5.10 Å². The van der Waals surface area contributed by atoms with Crippen molar-refractivity contribution >= 4 is 27.5 Å². The number of hydrogen-bond acceptors (Lipinski definition) is 6. The SMILES string of the molecule is CC(C)(CNc1nnc(CCCl)o1)S(C)(=O)=O. The van der Waals surface area contributed by atoms with E-state index in [-0.39, 0.29) is 12.6 Å². The highest BCUT2D eigenvalue weighted by atomic mass is 35.5. The van der Waals surface area contributed by atoms with Gasteiger partial charge in [-0.2, -0.15) is 0 Å². The van der Waals surface area contributed by atoms with E-state index in [0.29, 0.717) is 18.2 Å². The molecule has 0 saturated carbocycles. The molecular weight excluding hydrogens is 266 g/mol. The van der Waals surface area contributed by atoms with Gasteiger partial charge >= 0.3 is 6.01 Å². The lowest BCUT2D eigenvalue weighted by Crippen LogP contribution is -2.38. The lowest BCUT2D eigenvalue weighted by Gasteiger charge is -2.21. The van der Waals surface area contributed by atoms with Gasteiger partial charge in [0.15, 0.2) is 9.84 Å². The second kappa shape index (κ2) is 5.22. The standard InChI is InChI=1S/C9H16ClN3O3S/c1-9(2,17(3,14)15)6-11-8-13-12-7(16-8)4-5-10/h4-6H2,1-3H3,(H,11,13). The zero-order chi connectivity index (χ0) is 13.1. The third kappa shape index (κ3) is 3.85. The van der Waals surface area contributed by atoms with Crippen molar-refractivity contribution in [3.63, 3.8) is 0 Å². The molecule has 0 fully saturated rings. The first-order chi connectivity index (χ1) is 7.76. The first kappa shape index (κ1) is 14.2. The third-order valence-electron chi connectivity index (χ3n) is 2.44. The van der Waals surface area contributed by atoms with Gasteiger partial charge in [-0.3, -0.25) is 0 Å². The summed E-state index contributed by atoms with van der Waals surface area (Å²) >= 11 is 5.53. The van der Waals surface area contributed by atoms with Gasteiger partial charge in [0, 0.05) is 25.1 Å². The predicted molar refractivity (Wildman–Crippen MR) is 66.1 cm³/mol. The van der Waals surface area contributed by atoms with Gasteiger partial charge in [0.1, 0.15) is 0 Å². The van der Waals surface area contributed by atoms with Crippen LogP contribution >= 0.6 is 11.6 Å². The van der Waals surface area contributed by atoms with Crippen LogP contribution in [-0.4, -0.2) is 42.0 Å². The van der Waals surface area contributed by atoms with Crippen LogP contribution in [0.15, 0.2) is 4.42 Å². The number of sulfone groups is 1. The molecule has 1 heterocycles. The molecule has 1 rings (SSSR count). The van der Waals surface area contributed by atoms with Crippen LogP contribution in [0.3, 0.4) is 0 Å². The van der Waals surface area contributed by atoms with Gasteiger partial charge < -0.3 is 9.73 Å². The Bertz CT molecular complexity index is 470. The van der Waals surface area contributed by atoms with Gasteiger partial charge in [0.25, 0.3) is 0 Å². The summed E-state index contributed by atoms with van der Waals surface area (Å²) in [6, 6.07) is 0.210. The van der Waals surface area contributed by atoms with E-state index in [1.807, 2.05) is 0 Å². The number of rotatable bonds is 6. The average molecular weight is 282 g/mol. The number of nitrogens with one attached hydrogen (secondary N) is 1. The Balaban J connectivity index is 2.61. The van der Waals surface area contributed by atoms with Crippen molar-refractivity contribution in [2.45, 2.75) is 25.0 Å². The minimum Gasteiger partial charge on any atom is -0.408 e. The normalized spacial score (nSPS) is 12.7. The fourth-order valence-electron chi connectivity index (χ4n) is 0.926. The van der Waals surface area contributed by atoms with E-state index in [2.05, 4.69) is 15.5 Å². The fraction of sp³-hybridized carbons (Fsp3) is 0.778. The van der Waals surface area contributed by atoms with Crippen molar-refractivity contribution in [3.05, 3.63) is 5.89 Å². The quantitative estimate of drug-likeness (QED) is 0.786. The van der Waals surface area contributed by atoms with Crippen LogP contribution in [-0.2, 0) is 16.3 Å². The number of aryl methyl sites for hydroxylation is 1. The molecule has 0 aliphatic carbocycles. The smallest absolute Gasteiger partial charge is 0.315 e. The summed E-state index contributed by atoms with van der Waals surface area (Å²) < 4.78 is 27.2. The van der Waals surface area contributed by atoms with E-state index < -0.39 is 14.6 Å². The van der Waals surface area contributed by atoms with E-state index in [1.165, 1.54) is 6.26 Å². The Morgan fingerprint density at radius 1 is 1.41 bits per heavy atom. The van der Waals surface area contributed by atoms with E-state index in [9.17, 15) is 8.42 Å². The van der Waals surface area contributed by atoms with E-state index >= 15 is 0 Å². The number of alkyl halides is 1. The first-order valence-electron chi connectivity index (χ1n) is 5.08. The number of halogens is 1. The summed E-state index contributed by atoms with van der Waals surface area (Å²) in [5.74, 6) is 0.830. The van der Waals surface area contributed by atoms with Gasteiger partial charge in [-0.05, 0) is 13.8 Å². The second-order valence-electron chi connectivity index (χ2n) is 4.33. The monoisotopic (exact) mass is 281 g/mol. The highest BCUT2D eigenvalue weighted by molar-refractivity contribution is 7.92. The van der Waals surface area contributed by atoms with Crippen LogP contribution in [0.1, 0.15) is 19.7 Å². The van der Waals surface area contributed by atoms with Crippen LogP contribution in [0.25, 0.3) is 0 Å². The van der Waals surface area contributed by atoms with Crippen molar-refractivity contribution in [1.29, 1.82) is 0 Å². The fourth-order valence-corrected chi connectivity index (χ4v) is 1.42. The maximum absolute atomic E-state index is 11.5. The van der Waals surface area contributed by atoms with Crippen LogP contribution < -0.4 is 5.32 Å². The van der Waals surface area contributed by atoms with Crippen molar-refractivity contribution in [2.24, 2.45) is 0 Å². The molecule has 0 aliphatic rings. The van der Waals surface area contributed by atoms with Gasteiger partial charge in [-0.15, -0.1) is 16.7 Å². The molecule has 17 heavy (non-hydrogen) atoms. The average Bonchev–Trinajstić information content (AvgIpc) is 2.62. The molecule has 1 N–H and O–H groups in total. The topological polar surface area (TPSA) is 85.1 Å². The van der Waals surface area contributed by atoms with Gasteiger partial charge in [0.2, 0.25) is 5.89 Å². The Morgan fingerprint density at radius 2 is 2.06 bits per heavy atom. The van der Waals surface area contributed by atoms with Crippen LogP contribution in [0.2, 0.25) is 0 Å².